The molecule has 0 spiro atoms. The molecule has 106 valence electrons. The zero-order valence-electron chi connectivity index (χ0n) is 11.0. The number of pyridine rings is 1. The Morgan fingerprint density at radius 1 is 1.29 bits per heavy atom. The number of anilines is 1. The Bertz CT molecular complexity index is 873. The summed E-state index contributed by atoms with van der Waals surface area (Å²) in [5, 5.41) is 13.8. The fourth-order valence-corrected chi connectivity index (χ4v) is 2.42. The molecule has 2 aromatic heterocycles. The van der Waals surface area contributed by atoms with Crippen molar-refractivity contribution in [3.05, 3.63) is 46.6 Å². The van der Waals surface area contributed by atoms with E-state index in [1.54, 1.807) is 12.1 Å². The second kappa shape index (κ2) is 4.75. The van der Waals surface area contributed by atoms with E-state index in [-0.39, 0.29) is 11.6 Å². The molecule has 0 amide bonds. The lowest BCUT2D eigenvalue weighted by Gasteiger charge is -2.09. The van der Waals surface area contributed by atoms with Crippen LogP contribution in [0.2, 0.25) is 5.02 Å². The first kappa shape index (κ1) is 13.4. The van der Waals surface area contributed by atoms with Crippen LogP contribution in [-0.2, 0) is 0 Å². The summed E-state index contributed by atoms with van der Waals surface area (Å²) >= 11 is 6.14. The second-order valence-electron chi connectivity index (χ2n) is 4.56. The van der Waals surface area contributed by atoms with E-state index in [9.17, 15) is 9.90 Å². The number of hydrogen-bond acceptors (Lipinski definition) is 4. The maximum atomic E-state index is 11.2. The number of aromatic carboxylic acids is 1. The van der Waals surface area contributed by atoms with Gasteiger partial charge in [0.05, 0.1) is 0 Å². The van der Waals surface area contributed by atoms with E-state index in [0.717, 1.165) is 16.7 Å². The van der Waals surface area contributed by atoms with Crippen molar-refractivity contribution in [1.82, 2.24) is 14.6 Å². The van der Waals surface area contributed by atoms with Gasteiger partial charge < -0.3 is 10.8 Å². The van der Waals surface area contributed by atoms with E-state index in [1.165, 1.54) is 10.6 Å². The van der Waals surface area contributed by atoms with Gasteiger partial charge in [-0.25, -0.2) is 9.31 Å². The van der Waals surface area contributed by atoms with Crippen LogP contribution in [0.25, 0.3) is 16.8 Å². The quantitative estimate of drug-likeness (QED) is 0.759. The number of aromatic nitrogens is 3. The van der Waals surface area contributed by atoms with Crippen LogP contribution in [0.5, 0.6) is 0 Å². The van der Waals surface area contributed by atoms with E-state index in [1.807, 2.05) is 19.1 Å². The molecule has 0 aliphatic heterocycles. The first-order valence-electron chi connectivity index (χ1n) is 6.13. The average Bonchev–Trinajstić information content (AvgIpc) is 2.82. The Hall–Kier alpha value is -2.60. The summed E-state index contributed by atoms with van der Waals surface area (Å²) in [6.45, 7) is 1.89. The van der Waals surface area contributed by atoms with Crippen molar-refractivity contribution in [2.45, 2.75) is 6.92 Å². The molecule has 3 N–H and O–H groups in total. The van der Waals surface area contributed by atoms with Gasteiger partial charge in [-0.15, -0.1) is 5.10 Å². The van der Waals surface area contributed by atoms with Crippen LogP contribution in [0.15, 0.2) is 30.3 Å². The number of carboxylic acids is 1. The Morgan fingerprint density at radius 2 is 2.05 bits per heavy atom. The van der Waals surface area contributed by atoms with Crippen LogP contribution in [0, 0.1) is 6.92 Å². The number of halogens is 1. The number of benzene rings is 1. The summed E-state index contributed by atoms with van der Waals surface area (Å²) in [5.74, 6) is -1.08. The first-order chi connectivity index (χ1) is 9.99. The summed E-state index contributed by atoms with van der Waals surface area (Å²) in [4.78, 5) is 15.4. The fraction of sp³-hybridized carbons (Fsp3) is 0.0714. The molecule has 0 unspecified atom stereocenters. The van der Waals surface area contributed by atoms with Gasteiger partial charge in [0.25, 0.3) is 0 Å². The SMILES string of the molecule is Cc1c(Cl)cccc1-c1ccc(C(=O)O)n2nc(N)nc12. The molecule has 2 heterocycles. The maximum absolute atomic E-state index is 11.2. The molecule has 6 nitrogen and oxygen atoms in total. The predicted octanol–water partition coefficient (Wildman–Crippen LogP) is 2.64. The van der Waals surface area contributed by atoms with Gasteiger partial charge in [0, 0.05) is 10.6 Å². The highest BCUT2D eigenvalue weighted by molar-refractivity contribution is 6.31. The standard InChI is InChI=1S/C14H11ClN4O2/c1-7-8(3-2-4-10(7)15)9-5-6-11(13(20)21)19-12(9)17-14(16)18-19/h2-6H,1H3,(H2,16,18)(H,20,21). The van der Waals surface area contributed by atoms with Crippen molar-refractivity contribution in [1.29, 1.82) is 0 Å². The zero-order chi connectivity index (χ0) is 15.1. The summed E-state index contributed by atoms with van der Waals surface area (Å²) < 4.78 is 1.23. The minimum absolute atomic E-state index is 0.00219. The Balaban J connectivity index is 2.37. The van der Waals surface area contributed by atoms with Crippen LogP contribution >= 0.6 is 11.6 Å². The van der Waals surface area contributed by atoms with Crippen molar-refractivity contribution >= 4 is 29.2 Å². The van der Waals surface area contributed by atoms with Gasteiger partial charge in [0.1, 0.15) is 0 Å². The van der Waals surface area contributed by atoms with Crippen LogP contribution in [0.1, 0.15) is 16.1 Å². The van der Waals surface area contributed by atoms with Crippen LogP contribution < -0.4 is 5.73 Å². The smallest absolute Gasteiger partial charge is 0.354 e. The maximum Gasteiger partial charge on any atom is 0.354 e. The third kappa shape index (κ3) is 2.09. The van der Waals surface area contributed by atoms with Gasteiger partial charge in [-0.3, -0.25) is 0 Å². The number of carbonyl (C=O) groups is 1. The number of fused-ring (bicyclic) bond motifs is 1. The molecule has 21 heavy (non-hydrogen) atoms. The van der Waals surface area contributed by atoms with Gasteiger partial charge >= 0.3 is 5.97 Å². The number of nitrogens with two attached hydrogens (primary N) is 1. The number of carboxylic acid groups (broad SMARTS) is 1. The molecule has 0 aliphatic rings. The summed E-state index contributed by atoms with van der Waals surface area (Å²) in [5.41, 5.74) is 8.46. The Labute approximate surface area is 124 Å². The van der Waals surface area contributed by atoms with Gasteiger partial charge in [0.15, 0.2) is 11.3 Å². The normalized spacial score (nSPS) is 11.0. The summed E-state index contributed by atoms with van der Waals surface area (Å²) in [6.07, 6.45) is 0. The van der Waals surface area contributed by atoms with Crippen molar-refractivity contribution in [2.75, 3.05) is 5.73 Å². The largest absolute Gasteiger partial charge is 0.477 e. The molecule has 0 fully saturated rings. The summed E-state index contributed by atoms with van der Waals surface area (Å²) in [7, 11) is 0. The molecule has 0 radical (unpaired) electrons. The number of nitrogen functional groups attached to an aromatic ring is 1. The van der Waals surface area contributed by atoms with Gasteiger partial charge in [-0.05, 0) is 36.2 Å². The van der Waals surface area contributed by atoms with Gasteiger partial charge in [0.2, 0.25) is 5.95 Å². The molecule has 0 atom stereocenters. The summed E-state index contributed by atoms with van der Waals surface area (Å²) in [6, 6.07) is 8.67. The lowest BCUT2D eigenvalue weighted by Crippen LogP contribution is -2.07. The average molecular weight is 303 g/mol. The second-order valence-corrected chi connectivity index (χ2v) is 4.96. The highest BCUT2D eigenvalue weighted by Crippen LogP contribution is 2.31. The fourth-order valence-electron chi connectivity index (χ4n) is 2.25. The third-order valence-corrected chi connectivity index (χ3v) is 3.69. The van der Waals surface area contributed by atoms with Crippen LogP contribution in [0.3, 0.4) is 0 Å². The van der Waals surface area contributed by atoms with Crippen molar-refractivity contribution < 1.29 is 9.90 Å². The van der Waals surface area contributed by atoms with Crippen molar-refractivity contribution in [3.63, 3.8) is 0 Å². The van der Waals surface area contributed by atoms with E-state index >= 15 is 0 Å². The monoisotopic (exact) mass is 302 g/mol. The molecule has 0 saturated carbocycles. The van der Waals surface area contributed by atoms with Crippen molar-refractivity contribution in [3.8, 4) is 11.1 Å². The minimum atomic E-state index is -1.10. The first-order valence-corrected chi connectivity index (χ1v) is 6.51. The van der Waals surface area contributed by atoms with Crippen LogP contribution in [0.4, 0.5) is 5.95 Å². The topological polar surface area (TPSA) is 93.5 Å². The van der Waals surface area contributed by atoms with E-state index in [0.29, 0.717) is 10.7 Å². The lowest BCUT2D eigenvalue weighted by atomic mass is 10.0. The molecular formula is C14H11ClN4O2. The molecule has 0 saturated heterocycles. The van der Waals surface area contributed by atoms with Gasteiger partial charge in [-0.2, -0.15) is 4.98 Å². The molecule has 1 aromatic carbocycles. The number of rotatable bonds is 2. The van der Waals surface area contributed by atoms with Crippen molar-refractivity contribution in [2.24, 2.45) is 0 Å². The molecule has 0 aliphatic carbocycles. The highest BCUT2D eigenvalue weighted by atomic mass is 35.5. The predicted molar refractivity (Wildman–Crippen MR) is 79.5 cm³/mol. The molecule has 7 heteroatoms. The van der Waals surface area contributed by atoms with Gasteiger partial charge in [-0.1, -0.05) is 23.7 Å². The highest BCUT2D eigenvalue weighted by Gasteiger charge is 2.17. The number of hydrogen-bond donors (Lipinski definition) is 2. The van der Waals surface area contributed by atoms with Crippen LogP contribution in [-0.4, -0.2) is 25.7 Å². The molecule has 3 aromatic rings. The number of nitrogens with zero attached hydrogens (tertiary/aromatic N) is 3. The van der Waals surface area contributed by atoms with E-state index < -0.39 is 5.97 Å². The Kier molecular flexibility index (Phi) is 3.03. The lowest BCUT2D eigenvalue weighted by molar-refractivity contribution is 0.0687. The third-order valence-electron chi connectivity index (χ3n) is 3.28. The molecule has 3 rings (SSSR count). The van der Waals surface area contributed by atoms with E-state index in [2.05, 4.69) is 10.1 Å². The van der Waals surface area contributed by atoms with E-state index in [4.69, 9.17) is 17.3 Å². The minimum Gasteiger partial charge on any atom is -0.477 e. The Morgan fingerprint density at radius 3 is 2.76 bits per heavy atom. The molecular weight excluding hydrogens is 292 g/mol. The zero-order valence-corrected chi connectivity index (χ0v) is 11.8. The molecule has 0 bridgehead atoms.